The fourth-order valence-electron chi connectivity index (χ4n) is 1.73. The van der Waals surface area contributed by atoms with Gasteiger partial charge in [-0.25, -0.2) is 8.78 Å². The highest BCUT2D eigenvalue weighted by molar-refractivity contribution is 5.20. The maximum absolute atomic E-state index is 13.1. The topological polar surface area (TPSA) is 63.8 Å². The van der Waals surface area contributed by atoms with E-state index in [4.69, 9.17) is 5.84 Å². The summed E-state index contributed by atoms with van der Waals surface area (Å²) in [7, 11) is 0. The van der Waals surface area contributed by atoms with E-state index in [2.05, 4.69) is 15.4 Å². The first-order chi connectivity index (χ1) is 9.10. The summed E-state index contributed by atoms with van der Waals surface area (Å²) in [4.78, 5) is 8.34. The van der Waals surface area contributed by atoms with Crippen molar-refractivity contribution in [2.45, 2.75) is 19.4 Å². The number of aryl methyl sites for hydroxylation is 1. The van der Waals surface area contributed by atoms with Crippen LogP contribution in [0.15, 0.2) is 30.6 Å². The molecule has 1 atom stereocenters. The molecule has 0 aliphatic heterocycles. The van der Waals surface area contributed by atoms with Crippen LogP contribution < -0.4 is 11.3 Å². The van der Waals surface area contributed by atoms with Gasteiger partial charge in [0.05, 0.1) is 23.6 Å². The van der Waals surface area contributed by atoms with Gasteiger partial charge in [0, 0.05) is 6.20 Å². The molecule has 2 aromatic rings. The molecule has 3 N–H and O–H groups in total. The molecule has 0 amide bonds. The van der Waals surface area contributed by atoms with Crippen molar-refractivity contribution >= 4 is 0 Å². The first-order valence-corrected chi connectivity index (χ1v) is 5.78. The Bertz CT molecular complexity index is 557. The highest BCUT2D eigenvalue weighted by Gasteiger charge is 2.13. The average Bonchev–Trinajstić information content (AvgIpc) is 2.41. The average molecular weight is 264 g/mol. The smallest absolute Gasteiger partial charge is 0.159 e. The minimum absolute atomic E-state index is 0.307. The number of nitrogens with two attached hydrogens (primary N) is 1. The number of nitrogens with zero attached hydrogens (tertiary/aromatic N) is 2. The van der Waals surface area contributed by atoms with Crippen molar-refractivity contribution in [3.05, 3.63) is 59.2 Å². The van der Waals surface area contributed by atoms with Crippen LogP contribution in [-0.4, -0.2) is 9.97 Å². The van der Waals surface area contributed by atoms with Gasteiger partial charge < -0.3 is 0 Å². The third-order valence-corrected chi connectivity index (χ3v) is 2.78. The molecular weight excluding hydrogens is 250 g/mol. The molecule has 2 rings (SSSR count). The van der Waals surface area contributed by atoms with E-state index in [1.54, 1.807) is 12.4 Å². The number of hydrogen-bond donors (Lipinski definition) is 2. The van der Waals surface area contributed by atoms with Crippen LogP contribution in [0.4, 0.5) is 8.78 Å². The Balaban J connectivity index is 2.18. The standard InChI is InChI=1S/C13H14F2N4/c1-8-6-18-13(7-17-8)12(19-16)5-9-2-3-10(14)11(15)4-9/h2-4,6-7,12,19H,5,16H2,1H3. The molecule has 0 aliphatic carbocycles. The van der Waals surface area contributed by atoms with Gasteiger partial charge >= 0.3 is 0 Å². The Morgan fingerprint density at radius 1 is 1.21 bits per heavy atom. The minimum Gasteiger partial charge on any atom is -0.271 e. The third kappa shape index (κ3) is 3.30. The van der Waals surface area contributed by atoms with Crippen LogP contribution in [0.2, 0.25) is 0 Å². The molecule has 1 unspecified atom stereocenters. The van der Waals surface area contributed by atoms with Crippen LogP contribution in [0.3, 0.4) is 0 Å². The Morgan fingerprint density at radius 3 is 2.58 bits per heavy atom. The Kier molecular flexibility index (Phi) is 4.13. The van der Waals surface area contributed by atoms with Crippen molar-refractivity contribution < 1.29 is 8.78 Å². The predicted octanol–water partition coefficient (Wildman–Crippen LogP) is 1.81. The second kappa shape index (κ2) is 5.81. The van der Waals surface area contributed by atoms with Gasteiger partial charge in [0.1, 0.15) is 0 Å². The summed E-state index contributed by atoms with van der Waals surface area (Å²) in [6.07, 6.45) is 3.64. The number of hydrogen-bond acceptors (Lipinski definition) is 4. The van der Waals surface area contributed by atoms with Gasteiger partial charge in [-0.1, -0.05) is 6.07 Å². The number of rotatable bonds is 4. The molecule has 100 valence electrons. The molecule has 19 heavy (non-hydrogen) atoms. The van der Waals surface area contributed by atoms with Crippen molar-refractivity contribution in [3.8, 4) is 0 Å². The Morgan fingerprint density at radius 2 is 2.00 bits per heavy atom. The van der Waals surface area contributed by atoms with Gasteiger partial charge in [0.15, 0.2) is 11.6 Å². The lowest BCUT2D eigenvalue weighted by atomic mass is 10.0. The van der Waals surface area contributed by atoms with E-state index < -0.39 is 11.6 Å². The number of halogens is 2. The zero-order chi connectivity index (χ0) is 13.8. The van der Waals surface area contributed by atoms with Gasteiger partial charge in [0.2, 0.25) is 0 Å². The molecule has 0 spiro atoms. The number of nitrogens with one attached hydrogen (secondary N) is 1. The highest BCUT2D eigenvalue weighted by atomic mass is 19.2. The summed E-state index contributed by atoms with van der Waals surface area (Å²) >= 11 is 0. The first kappa shape index (κ1) is 13.5. The van der Waals surface area contributed by atoms with E-state index in [1.807, 2.05) is 6.92 Å². The quantitative estimate of drug-likeness (QED) is 0.653. The van der Waals surface area contributed by atoms with E-state index in [0.29, 0.717) is 17.7 Å². The van der Waals surface area contributed by atoms with Crippen LogP contribution >= 0.6 is 0 Å². The number of hydrazine groups is 1. The largest absolute Gasteiger partial charge is 0.271 e. The first-order valence-electron chi connectivity index (χ1n) is 5.78. The third-order valence-electron chi connectivity index (χ3n) is 2.78. The van der Waals surface area contributed by atoms with E-state index in [0.717, 1.165) is 17.8 Å². The lowest BCUT2D eigenvalue weighted by Gasteiger charge is -2.15. The molecule has 0 saturated heterocycles. The van der Waals surface area contributed by atoms with Crippen LogP contribution in [0, 0.1) is 18.6 Å². The van der Waals surface area contributed by atoms with Crippen LogP contribution in [-0.2, 0) is 6.42 Å². The summed E-state index contributed by atoms with van der Waals surface area (Å²) in [6, 6.07) is 3.46. The monoisotopic (exact) mass is 264 g/mol. The summed E-state index contributed by atoms with van der Waals surface area (Å²) in [5, 5.41) is 0. The Hall–Kier alpha value is -1.92. The van der Waals surface area contributed by atoms with E-state index >= 15 is 0 Å². The highest BCUT2D eigenvalue weighted by Crippen LogP contribution is 2.17. The minimum atomic E-state index is -0.872. The molecule has 0 bridgehead atoms. The van der Waals surface area contributed by atoms with E-state index in [-0.39, 0.29) is 6.04 Å². The zero-order valence-electron chi connectivity index (χ0n) is 10.4. The fraction of sp³-hybridized carbons (Fsp3) is 0.231. The summed E-state index contributed by atoms with van der Waals surface area (Å²) < 4.78 is 26.0. The molecule has 0 aliphatic rings. The van der Waals surface area contributed by atoms with E-state index in [1.165, 1.54) is 6.07 Å². The van der Waals surface area contributed by atoms with Crippen molar-refractivity contribution in [1.29, 1.82) is 0 Å². The SMILES string of the molecule is Cc1cnc(C(Cc2ccc(F)c(F)c2)NN)cn1. The Labute approximate surface area is 109 Å². The lowest BCUT2D eigenvalue weighted by Crippen LogP contribution is -2.30. The normalized spacial score (nSPS) is 12.4. The number of aromatic nitrogens is 2. The predicted molar refractivity (Wildman–Crippen MR) is 66.9 cm³/mol. The van der Waals surface area contributed by atoms with Crippen LogP contribution in [0.1, 0.15) is 23.0 Å². The molecule has 1 aromatic heterocycles. The molecule has 1 aromatic carbocycles. The second-order valence-electron chi connectivity index (χ2n) is 4.25. The van der Waals surface area contributed by atoms with Gasteiger partial charge in [0.25, 0.3) is 0 Å². The lowest BCUT2D eigenvalue weighted by molar-refractivity contribution is 0.500. The van der Waals surface area contributed by atoms with Crippen molar-refractivity contribution in [3.63, 3.8) is 0 Å². The van der Waals surface area contributed by atoms with E-state index in [9.17, 15) is 8.78 Å². The second-order valence-corrected chi connectivity index (χ2v) is 4.25. The van der Waals surface area contributed by atoms with Gasteiger partial charge in [-0.3, -0.25) is 21.2 Å². The summed E-state index contributed by atoms with van der Waals surface area (Å²) in [5.74, 6) is 3.74. The molecule has 4 nitrogen and oxygen atoms in total. The molecular formula is C13H14F2N4. The molecule has 0 fully saturated rings. The van der Waals surface area contributed by atoms with Gasteiger partial charge in [-0.2, -0.15) is 0 Å². The molecule has 0 radical (unpaired) electrons. The fourth-order valence-corrected chi connectivity index (χ4v) is 1.73. The summed E-state index contributed by atoms with van der Waals surface area (Å²) in [5.41, 5.74) is 4.68. The molecule has 1 heterocycles. The van der Waals surface area contributed by atoms with Crippen molar-refractivity contribution in [2.24, 2.45) is 5.84 Å². The molecule has 0 saturated carbocycles. The van der Waals surface area contributed by atoms with Crippen LogP contribution in [0.5, 0.6) is 0 Å². The number of benzene rings is 1. The zero-order valence-corrected chi connectivity index (χ0v) is 10.4. The molecule has 6 heteroatoms. The summed E-state index contributed by atoms with van der Waals surface area (Å²) in [6.45, 7) is 1.83. The van der Waals surface area contributed by atoms with Gasteiger partial charge in [-0.05, 0) is 31.0 Å². The van der Waals surface area contributed by atoms with Crippen molar-refractivity contribution in [1.82, 2.24) is 15.4 Å². The van der Waals surface area contributed by atoms with Gasteiger partial charge in [-0.15, -0.1) is 0 Å². The maximum atomic E-state index is 13.1. The maximum Gasteiger partial charge on any atom is 0.159 e. The van der Waals surface area contributed by atoms with Crippen molar-refractivity contribution in [2.75, 3.05) is 0 Å². The van der Waals surface area contributed by atoms with Crippen LogP contribution in [0.25, 0.3) is 0 Å².